The molecule has 1 rings (SSSR count). The highest BCUT2D eigenvalue weighted by Crippen LogP contribution is 2.11. The number of nitrogens with two attached hydrogens (primary N) is 1. The van der Waals surface area contributed by atoms with Gasteiger partial charge in [-0.15, -0.1) is 0 Å². The van der Waals surface area contributed by atoms with E-state index in [1.807, 2.05) is 18.2 Å². The molecule has 84 valence electrons. The standard InChI is InChI=1S/C12H21N3/c1-3-14-8-9-15(2)10-11-6-4-5-7-12(11)13/h4-7,14H,3,8-10,13H2,1-2H3. The predicted octanol–water partition coefficient (Wildman–Crippen LogP) is 1.31. The summed E-state index contributed by atoms with van der Waals surface area (Å²) in [6.07, 6.45) is 0. The van der Waals surface area contributed by atoms with Crippen LogP contribution in [0, 0.1) is 0 Å². The predicted molar refractivity (Wildman–Crippen MR) is 65.7 cm³/mol. The first-order valence-corrected chi connectivity index (χ1v) is 5.46. The second kappa shape index (κ2) is 6.43. The van der Waals surface area contributed by atoms with Crippen molar-refractivity contribution in [2.45, 2.75) is 13.5 Å². The van der Waals surface area contributed by atoms with E-state index in [2.05, 4.69) is 30.3 Å². The number of nitrogens with one attached hydrogen (secondary N) is 1. The van der Waals surface area contributed by atoms with Gasteiger partial charge in [0.25, 0.3) is 0 Å². The van der Waals surface area contributed by atoms with Gasteiger partial charge in [-0.05, 0) is 25.2 Å². The van der Waals surface area contributed by atoms with Gasteiger partial charge in [0.2, 0.25) is 0 Å². The number of nitrogens with zero attached hydrogens (tertiary/aromatic N) is 1. The second-order valence-corrected chi connectivity index (χ2v) is 3.79. The summed E-state index contributed by atoms with van der Waals surface area (Å²) in [6, 6.07) is 8.04. The van der Waals surface area contributed by atoms with E-state index in [1.54, 1.807) is 0 Å². The van der Waals surface area contributed by atoms with Crippen molar-refractivity contribution in [1.29, 1.82) is 0 Å². The van der Waals surface area contributed by atoms with E-state index in [-0.39, 0.29) is 0 Å². The Morgan fingerprint density at radius 3 is 2.73 bits per heavy atom. The average Bonchev–Trinajstić information content (AvgIpc) is 2.22. The smallest absolute Gasteiger partial charge is 0.0359 e. The van der Waals surface area contributed by atoms with Crippen LogP contribution in [0.5, 0.6) is 0 Å². The lowest BCUT2D eigenvalue weighted by molar-refractivity contribution is 0.326. The van der Waals surface area contributed by atoms with Crippen molar-refractivity contribution in [1.82, 2.24) is 10.2 Å². The third-order valence-electron chi connectivity index (χ3n) is 2.42. The fourth-order valence-electron chi connectivity index (χ4n) is 1.49. The van der Waals surface area contributed by atoms with Crippen LogP contribution in [0.4, 0.5) is 5.69 Å². The molecular formula is C12H21N3. The zero-order chi connectivity index (χ0) is 11.1. The maximum atomic E-state index is 5.88. The lowest BCUT2D eigenvalue weighted by Gasteiger charge is -2.17. The molecule has 0 saturated carbocycles. The summed E-state index contributed by atoms with van der Waals surface area (Å²) in [4.78, 5) is 2.27. The van der Waals surface area contributed by atoms with Crippen molar-refractivity contribution in [2.24, 2.45) is 0 Å². The van der Waals surface area contributed by atoms with E-state index in [4.69, 9.17) is 5.73 Å². The molecule has 0 aliphatic heterocycles. The Labute approximate surface area is 92.3 Å². The van der Waals surface area contributed by atoms with Crippen LogP contribution < -0.4 is 11.1 Å². The third-order valence-corrected chi connectivity index (χ3v) is 2.42. The Kier molecular flexibility index (Phi) is 5.15. The Balaban J connectivity index is 2.37. The topological polar surface area (TPSA) is 41.3 Å². The van der Waals surface area contributed by atoms with E-state index in [0.29, 0.717) is 0 Å². The van der Waals surface area contributed by atoms with Gasteiger partial charge in [0.1, 0.15) is 0 Å². The molecule has 0 unspecified atom stereocenters. The molecule has 0 aliphatic carbocycles. The van der Waals surface area contributed by atoms with E-state index in [1.165, 1.54) is 5.56 Å². The third kappa shape index (κ3) is 4.32. The molecule has 3 N–H and O–H groups in total. The first-order chi connectivity index (χ1) is 7.24. The molecule has 3 nitrogen and oxygen atoms in total. The van der Waals surface area contributed by atoms with Crippen LogP contribution in [-0.2, 0) is 6.54 Å². The first kappa shape index (κ1) is 12.0. The Hall–Kier alpha value is -1.06. The molecule has 0 atom stereocenters. The highest BCUT2D eigenvalue weighted by atomic mass is 15.1. The Bertz CT molecular complexity index is 286. The number of nitrogen functional groups attached to an aromatic ring is 1. The molecule has 0 amide bonds. The first-order valence-electron chi connectivity index (χ1n) is 5.46. The van der Waals surface area contributed by atoms with Crippen molar-refractivity contribution in [3.8, 4) is 0 Å². The molecule has 0 bridgehead atoms. The number of rotatable bonds is 6. The zero-order valence-corrected chi connectivity index (χ0v) is 9.66. The van der Waals surface area contributed by atoms with Gasteiger partial charge in [0.15, 0.2) is 0 Å². The largest absolute Gasteiger partial charge is 0.398 e. The molecule has 0 fully saturated rings. The van der Waals surface area contributed by atoms with Crippen LogP contribution in [0.3, 0.4) is 0 Å². The molecule has 1 aromatic carbocycles. The van der Waals surface area contributed by atoms with Gasteiger partial charge in [0.05, 0.1) is 0 Å². The monoisotopic (exact) mass is 207 g/mol. The van der Waals surface area contributed by atoms with Gasteiger partial charge in [0, 0.05) is 25.3 Å². The van der Waals surface area contributed by atoms with E-state index in [0.717, 1.165) is 31.9 Å². The van der Waals surface area contributed by atoms with Gasteiger partial charge in [-0.3, -0.25) is 0 Å². The summed E-state index contributed by atoms with van der Waals surface area (Å²) < 4.78 is 0. The number of benzene rings is 1. The van der Waals surface area contributed by atoms with Crippen molar-refractivity contribution < 1.29 is 0 Å². The summed E-state index contributed by atoms with van der Waals surface area (Å²) in [5.41, 5.74) is 7.97. The van der Waals surface area contributed by atoms with E-state index in [9.17, 15) is 0 Å². The second-order valence-electron chi connectivity index (χ2n) is 3.79. The summed E-state index contributed by atoms with van der Waals surface area (Å²) in [5.74, 6) is 0. The lowest BCUT2D eigenvalue weighted by Crippen LogP contribution is -2.28. The molecule has 3 heteroatoms. The minimum Gasteiger partial charge on any atom is -0.398 e. The summed E-state index contributed by atoms with van der Waals surface area (Å²) >= 11 is 0. The molecule has 0 aromatic heterocycles. The van der Waals surface area contributed by atoms with Crippen molar-refractivity contribution in [2.75, 3.05) is 32.4 Å². The quantitative estimate of drug-likeness (QED) is 0.546. The molecular weight excluding hydrogens is 186 g/mol. The van der Waals surface area contributed by atoms with Gasteiger partial charge >= 0.3 is 0 Å². The maximum absolute atomic E-state index is 5.88. The highest BCUT2D eigenvalue weighted by Gasteiger charge is 2.02. The molecule has 15 heavy (non-hydrogen) atoms. The van der Waals surface area contributed by atoms with Crippen LogP contribution in [0.2, 0.25) is 0 Å². The molecule has 0 aliphatic rings. The normalized spacial score (nSPS) is 10.9. The van der Waals surface area contributed by atoms with Crippen molar-refractivity contribution >= 4 is 5.69 Å². The highest BCUT2D eigenvalue weighted by molar-refractivity contribution is 5.46. The van der Waals surface area contributed by atoms with Crippen molar-refractivity contribution in [3.05, 3.63) is 29.8 Å². The summed E-state index contributed by atoms with van der Waals surface area (Å²) in [7, 11) is 2.11. The average molecular weight is 207 g/mol. The SMILES string of the molecule is CCNCCN(C)Cc1ccccc1N. The Morgan fingerprint density at radius 1 is 1.33 bits per heavy atom. The van der Waals surface area contributed by atoms with E-state index < -0.39 is 0 Å². The van der Waals surface area contributed by atoms with Crippen LogP contribution in [0.25, 0.3) is 0 Å². The van der Waals surface area contributed by atoms with Crippen molar-refractivity contribution in [3.63, 3.8) is 0 Å². The molecule has 0 heterocycles. The summed E-state index contributed by atoms with van der Waals surface area (Å²) in [6.45, 7) is 6.14. The van der Waals surface area contributed by atoms with Crippen LogP contribution in [0.1, 0.15) is 12.5 Å². The van der Waals surface area contributed by atoms with Gasteiger partial charge in [-0.2, -0.15) is 0 Å². The number of anilines is 1. The molecule has 1 aromatic rings. The number of hydrogen-bond acceptors (Lipinski definition) is 3. The fraction of sp³-hybridized carbons (Fsp3) is 0.500. The number of likely N-dealkylation sites (N-methyl/N-ethyl adjacent to an activating group) is 2. The summed E-state index contributed by atoms with van der Waals surface area (Å²) in [5, 5.41) is 3.31. The minimum atomic E-state index is 0.882. The molecule has 0 saturated heterocycles. The van der Waals surface area contributed by atoms with Crippen LogP contribution in [-0.4, -0.2) is 31.6 Å². The lowest BCUT2D eigenvalue weighted by atomic mass is 10.2. The number of para-hydroxylation sites is 1. The fourth-order valence-corrected chi connectivity index (χ4v) is 1.49. The van der Waals surface area contributed by atoms with Gasteiger partial charge in [-0.25, -0.2) is 0 Å². The molecule has 0 radical (unpaired) electrons. The maximum Gasteiger partial charge on any atom is 0.0359 e. The Morgan fingerprint density at radius 2 is 2.07 bits per heavy atom. The number of hydrogen-bond donors (Lipinski definition) is 2. The van der Waals surface area contributed by atoms with Gasteiger partial charge < -0.3 is 16.0 Å². The van der Waals surface area contributed by atoms with Crippen LogP contribution in [0.15, 0.2) is 24.3 Å². The van der Waals surface area contributed by atoms with Crippen LogP contribution >= 0.6 is 0 Å². The van der Waals surface area contributed by atoms with E-state index >= 15 is 0 Å². The zero-order valence-electron chi connectivity index (χ0n) is 9.66. The van der Waals surface area contributed by atoms with Gasteiger partial charge in [-0.1, -0.05) is 25.1 Å². The molecule has 0 spiro atoms. The minimum absolute atomic E-state index is 0.882.